The highest BCUT2D eigenvalue weighted by Crippen LogP contribution is 2.38. The first-order valence-electron chi connectivity index (χ1n) is 17.2. The van der Waals surface area contributed by atoms with E-state index in [1.807, 2.05) is 42.6 Å². The summed E-state index contributed by atoms with van der Waals surface area (Å²) in [5.74, 6) is 3.18. The number of aromatic nitrogens is 5. The molecule has 0 atom stereocenters. The van der Waals surface area contributed by atoms with Gasteiger partial charge in [0.25, 0.3) is 0 Å². The lowest BCUT2D eigenvalue weighted by Crippen LogP contribution is -2.10. The highest BCUT2D eigenvalue weighted by molar-refractivity contribution is 6.09. The second-order valence-electron chi connectivity index (χ2n) is 13.9. The van der Waals surface area contributed by atoms with Gasteiger partial charge in [0, 0.05) is 52.2 Å². The standard InChI is InChI=1S/C45H35N5O/c1-45(2,3)33-17-20-40-38(27-33)37-19-18-36(28-42(37)50(40)43-21-16-32(29-47-43)30-22-24-46-25-23-30)51-35-13-9-10-31(26-35)44-48-39-14-7-8-15-41(39)49(44)34-11-5-4-6-12-34/h4-29H,1-3H3. The maximum absolute atomic E-state index is 6.63. The van der Waals surface area contributed by atoms with E-state index in [4.69, 9.17) is 14.7 Å². The second kappa shape index (κ2) is 12.1. The first-order chi connectivity index (χ1) is 24.9. The first-order valence-corrected chi connectivity index (χ1v) is 17.2. The fraction of sp³-hybridized carbons (Fsp3) is 0.0889. The molecule has 0 amide bonds. The van der Waals surface area contributed by atoms with Crippen LogP contribution in [0.4, 0.5) is 0 Å². The second-order valence-corrected chi connectivity index (χ2v) is 13.9. The van der Waals surface area contributed by atoms with E-state index < -0.39 is 0 Å². The van der Waals surface area contributed by atoms with Crippen LogP contribution in [0, 0.1) is 0 Å². The molecule has 4 aromatic heterocycles. The number of hydrogen-bond acceptors (Lipinski definition) is 4. The summed E-state index contributed by atoms with van der Waals surface area (Å²) in [5.41, 5.74) is 9.58. The number of fused-ring (bicyclic) bond motifs is 4. The molecule has 4 heterocycles. The zero-order chi connectivity index (χ0) is 34.5. The minimum atomic E-state index is 0.0161. The highest BCUT2D eigenvalue weighted by atomic mass is 16.5. The Labute approximate surface area is 296 Å². The Balaban J connectivity index is 1.14. The van der Waals surface area contributed by atoms with Crippen LogP contribution >= 0.6 is 0 Å². The van der Waals surface area contributed by atoms with Gasteiger partial charge in [0.1, 0.15) is 23.1 Å². The number of nitrogens with zero attached hydrogens (tertiary/aromatic N) is 5. The van der Waals surface area contributed by atoms with Crippen LogP contribution in [0.2, 0.25) is 0 Å². The van der Waals surface area contributed by atoms with Gasteiger partial charge in [-0.25, -0.2) is 9.97 Å². The molecule has 0 unspecified atom stereocenters. The molecular formula is C45H35N5O. The van der Waals surface area contributed by atoms with Crippen LogP contribution in [-0.2, 0) is 5.41 Å². The third-order valence-corrected chi connectivity index (χ3v) is 9.50. The number of pyridine rings is 2. The van der Waals surface area contributed by atoms with Crippen molar-refractivity contribution in [1.82, 2.24) is 24.1 Å². The van der Waals surface area contributed by atoms with Gasteiger partial charge >= 0.3 is 0 Å². The third kappa shape index (κ3) is 5.51. The SMILES string of the molecule is CC(C)(C)c1ccc2c(c1)c1ccc(Oc3cccc(-c4nc5ccccc5n4-c4ccccc4)c3)cc1n2-c1ccc(-c2ccncc2)cn1. The molecule has 0 aliphatic heterocycles. The van der Waals surface area contributed by atoms with E-state index in [0.29, 0.717) is 0 Å². The fourth-order valence-electron chi connectivity index (χ4n) is 6.90. The normalized spacial score (nSPS) is 11.8. The van der Waals surface area contributed by atoms with Crippen molar-refractivity contribution < 1.29 is 4.74 Å². The molecule has 6 heteroatoms. The van der Waals surface area contributed by atoms with E-state index in [1.54, 1.807) is 12.4 Å². The van der Waals surface area contributed by atoms with Gasteiger partial charge < -0.3 is 4.74 Å². The van der Waals surface area contributed by atoms with Crippen molar-refractivity contribution in [3.05, 3.63) is 164 Å². The molecular weight excluding hydrogens is 627 g/mol. The molecule has 0 fully saturated rings. The number of ether oxygens (including phenoxy) is 1. The minimum absolute atomic E-state index is 0.0161. The van der Waals surface area contributed by atoms with Crippen LogP contribution in [-0.4, -0.2) is 24.1 Å². The fourth-order valence-corrected chi connectivity index (χ4v) is 6.90. The molecule has 0 saturated carbocycles. The number of benzene rings is 5. The predicted octanol–water partition coefficient (Wildman–Crippen LogP) is 11.3. The first kappa shape index (κ1) is 30.5. The molecule has 0 spiro atoms. The van der Waals surface area contributed by atoms with Gasteiger partial charge in [-0.1, -0.05) is 69.3 Å². The van der Waals surface area contributed by atoms with Crippen molar-refractivity contribution >= 4 is 32.8 Å². The Morgan fingerprint density at radius 2 is 1.35 bits per heavy atom. The molecule has 51 heavy (non-hydrogen) atoms. The zero-order valence-electron chi connectivity index (χ0n) is 28.7. The van der Waals surface area contributed by atoms with Crippen molar-refractivity contribution in [3.63, 3.8) is 0 Å². The Morgan fingerprint density at radius 3 is 2.16 bits per heavy atom. The molecule has 0 N–H and O–H groups in total. The van der Waals surface area contributed by atoms with E-state index in [-0.39, 0.29) is 5.41 Å². The lowest BCUT2D eigenvalue weighted by Gasteiger charge is -2.19. The smallest absolute Gasteiger partial charge is 0.145 e. The monoisotopic (exact) mass is 661 g/mol. The molecule has 5 aromatic carbocycles. The van der Waals surface area contributed by atoms with Crippen molar-refractivity contribution in [3.8, 4) is 45.5 Å². The van der Waals surface area contributed by atoms with Crippen LogP contribution in [0.15, 0.2) is 158 Å². The average molecular weight is 662 g/mol. The van der Waals surface area contributed by atoms with E-state index in [0.717, 1.165) is 73.0 Å². The van der Waals surface area contributed by atoms with Crippen LogP contribution in [0.3, 0.4) is 0 Å². The van der Waals surface area contributed by atoms with Crippen molar-refractivity contribution in [2.75, 3.05) is 0 Å². The number of rotatable bonds is 6. The third-order valence-electron chi connectivity index (χ3n) is 9.50. The van der Waals surface area contributed by atoms with Gasteiger partial charge in [0.15, 0.2) is 0 Å². The summed E-state index contributed by atoms with van der Waals surface area (Å²) in [6.45, 7) is 6.76. The van der Waals surface area contributed by atoms with Gasteiger partial charge in [0.05, 0.1) is 22.1 Å². The summed E-state index contributed by atoms with van der Waals surface area (Å²) >= 11 is 0. The maximum Gasteiger partial charge on any atom is 0.145 e. The molecule has 9 aromatic rings. The summed E-state index contributed by atoms with van der Waals surface area (Å²) in [4.78, 5) is 14.2. The molecule has 0 radical (unpaired) electrons. The number of imidazole rings is 1. The quantitative estimate of drug-likeness (QED) is 0.178. The molecule has 6 nitrogen and oxygen atoms in total. The van der Waals surface area contributed by atoms with Gasteiger partial charge in [0.2, 0.25) is 0 Å². The minimum Gasteiger partial charge on any atom is -0.457 e. The lowest BCUT2D eigenvalue weighted by atomic mass is 9.86. The van der Waals surface area contributed by atoms with Crippen LogP contribution < -0.4 is 4.74 Å². The largest absolute Gasteiger partial charge is 0.457 e. The molecule has 9 rings (SSSR count). The van der Waals surface area contributed by atoms with Crippen LogP contribution in [0.5, 0.6) is 11.5 Å². The Morgan fingerprint density at radius 1 is 0.549 bits per heavy atom. The Bertz CT molecular complexity index is 2690. The van der Waals surface area contributed by atoms with Gasteiger partial charge in [-0.05, 0) is 101 Å². The van der Waals surface area contributed by atoms with Crippen molar-refractivity contribution in [2.45, 2.75) is 26.2 Å². The molecule has 0 saturated heterocycles. The van der Waals surface area contributed by atoms with Crippen molar-refractivity contribution in [1.29, 1.82) is 0 Å². The van der Waals surface area contributed by atoms with E-state index in [2.05, 4.69) is 138 Å². The number of para-hydroxylation sites is 3. The van der Waals surface area contributed by atoms with Gasteiger partial charge in [-0.15, -0.1) is 0 Å². The summed E-state index contributed by atoms with van der Waals surface area (Å²) < 4.78 is 11.1. The summed E-state index contributed by atoms with van der Waals surface area (Å²) in [7, 11) is 0. The lowest BCUT2D eigenvalue weighted by molar-refractivity contribution is 0.483. The Kier molecular flexibility index (Phi) is 7.25. The molecule has 0 aliphatic carbocycles. The Hall–Kier alpha value is -6.53. The predicted molar refractivity (Wildman–Crippen MR) is 207 cm³/mol. The highest BCUT2D eigenvalue weighted by Gasteiger charge is 2.20. The average Bonchev–Trinajstić information content (AvgIpc) is 3.71. The topological polar surface area (TPSA) is 57.8 Å². The van der Waals surface area contributed by atoms with E-state index in [9.17, 15) is 0 Å². The zero-order valence-corrected chi connectivity index (χ0v) is 28.7. The maximum atomic E-state index is 6.63. The van der Waals surface area contributed by atoms with E-state index >= 15 is 0 Å². The van der Waals surface area contributed by atoms with Crippen LogP contribution in [0.1, 0.15) is 26.3 Å². The van der Waals surface area contributed by atoms with Gasteiger partial charge in [-0.3, -0.25) is 14.1 Å². The molecule has 246 valence electrons. The summed E-state index contributed by atoms with van der Waals surface area (Å²) in [6.07, 6.45) is 5.54. The van der Waals surface area contributed by atoms with Crippen LogP contribution in [0.25, 0.3) is 66.9 Å². The summed E-state index contributed by atoms with van der Waals surface area (Å²) in [6, 6.07) is 48.1. The van der Waals surface area contributed by atoms with E-state index in [1.165, 1.54) is 10.9 Å². The molecule has 0 bridgehead atoms. The van der Waals surface area contributed by atoms with Crippen molar-refractivity contribution in [2.24, 2.45) is 0 Å². The van der Waals surface area contributed by atoms with Gasteiger partial charge in [-0.2, -0.15) is 0 Å². The number of hydrogen-bond donors (Lipinski definition) is 0. The molecule has 0 aliphatic rings. The summed E-state index contributed by atoms with van der Waals surface area (Å²) in [5, 5.41) is 2.33.